The molecule has 1 aliphatic heterocycles. The average Bonchev–Trinajstić information content (AvgIpc) is 2.38. The molecule has 1 saturated heterocycles. The Morgan fingerprint density at radius 1 is 1.04 bits per heavy atom. The largest absolute Gasteiger partial charge is 0.481 e. The minimum Gasteiger partial charge on any atom is -0.481 e. The molecule has 124 valence electrons. The molecule has 5 aliphatic rings. The van der Waals surface area contributed by atoms with Crippen LogP contribution in [0.4, 0.5) is 0 Å². The molecule has 0 spiro atoms. The van der Waals surface area contributed by atoms with Crippen LogP contribution in [-0.2, 0) is 23.9 Å². The van der Waals surface area contributed by atoms with Gasteiger partial charge in [-0.1, -0.05) is 0 Å². The van der Waals surface area contributed by atoms with Crippen LogP contribution in [-0.4, -0.2) is 28.8 Å². The lowest BCUT2D eigenvalue weighted by Gasteiger charge is -2.56. The summed E-state index contributed by atoms with van der Waals surface area (Å²) in [4.78, 5) is 36.5. The van der Waals surface area contributed by atoms with Gasteiger partial charge in [0.05, 0.1) is 5.41 Å². The van der Waals surface area contributed by atoms with Crippen molar-refractivity contribution in [3.05, 3.63) is 11.1 Å². The Labute approximate surface area is 133 Å². The van der Waals surface area contributed by atoms with Crippen LogP contribution in [0.15, 0.2) is 11.1 Å². The molecule has 6 nitrogen and oxygen atoms in total. The third kappa shape index (κ3) is 2.03. The number of cyclic esters (lactones) is 2. The summed E-state index contributed by atoms with van der Waals surface area (Å²) in [7, 11) is 0. The van der Waals surface area contributed by atoms with E-state index in [9.17, 15) is 19.5 Å². The maximum absolute atomic E-state index is 12.4. The molecule has 0 radical (unpaired) electrons. The molecule has 23 heavy (non-hydrogen) atoms. The Bertz CT molecular complexity index is 618. The van der Waals surface area contributed by atoms with Gasteiger partial charge in [0, 0.05) is 13.8 Å². The summed E-state index contributed by atoms with van der Waals surface area (Å²) in [5.41, 5.74) is 0.143. The van der Waals surface area contributed by atoms with E-state index in [1.807, 2.05) is 0 Å². The number of esters is 2. The average molecular weight is 320 g/mol. The van der Waals surface area contributed by atoms with Crippen molar-refractivity contribution in [3.8, 4) is 0 Å². The summed E-state index contributed by atoms with van der Waals surface area (Å²) >= 11 is 0. The van der Waals surface area contributed by atoms with E-state index in [0.29, 0.717) is 18.8 Å². The van der Waals surface area contributed by atoms with Gasteiger partial charge in [-0.15, -0.1) is 0 Å². The van der Waals surface area contributed by atoms with Crippen LogP contribution >= 0.6 is 0 Å². The maximum Gasteiger partial charge on any atom is 0.348 e. The van der Waals surface area contributed by atoms with Crippen molar-refractivity contribution >= 4 is 17.9 Å². The molecule has 0 aromatic heterocycles. The lowest BCUT2D eigenvalue weighted by molar-refractivity contribution is -0.222. The highest BCUT2D eigenvalue weighted by Crippen LogP contribution is 2.63. The van der Waals surface area contributed by atoms with Crippen LogP contribution in [0.1, 0.15) is 46.0 Å². The molecule has 0 aromatic rings. The van der Waals surface area contributed by atoms with Crippen molar-refractivity contribution in [3.63, 3.8) is 0 Å². The molecular formula is C17H20O6. The summed E-state index contributed by atoms with van der Waals surface area (Å²) in [6.45, 7) is 3.06. The molecular weight excluding hydrogens is 300 g/mol. The zero-order chi connectivity index (χ0) is 16.6. The number of ether oxygens (including phenoxy) is 2. The highest BCUT2D eigenvalue weighted by atomic mass is 16.7. The molecule has 2 unspecified atom stereocenters. The molecule has 5 rings (SSSR count). The van der Waals surface area contributed by atoms with Crippen molar-refractivity contribution < 1.29 is 29.0 Å². The van der Waals surface area contributed by atoms with Crippen LogP contribution in [0, 0.1) is 23.2 Å². The Kier molecular flexibility index (Phi) is 2.79. The van der Waals surface area contributed by atoms with E-state index in [-0.39, 0.29) is 17.4 Å². The van der Waals surface area contributed by atoms with E-state index < -0.39 is 29.1 Å². The predicted octanol–water partition coefficient (Wildman–Crippen LogP) is 2.03. The highest BCUT2D eigenvalue weighted by molar-refractivity contribution is 6.16. The van der Waals surface area contributed by atoms with Crippen LogP contribution in [0.25, 0.3) is 0 Å². The van der Waals surface area contributed by atoms with E-state index in [1.54, 1.807) is 0 Å². The smallest absolute Gasteiger partial charge is 0.348 e. The van der Waals surface area contributed by atoms with Gasteiger partial charge in [-0.3, -0.25) is 4.79 Å². The van der Waals surface area contributed by atoms with Gasteiger partial charge in [0.15, 0.2) is 0 Å². The molecule has 5 fully saturated rings. The van der Waals surface area contributed by atoms with Crippen molar-refractivity contribution in [1.82, 2.24) is 0 Å². The zero-order valence-electron chi connectivity index (χ0n) is 13.3. The number of allylic oxidation sites excluding steroid dienone is 1. The minimum absolute atomic E-state index is 0.0198. The number of carboxylic acid groups (broad SMARTS) is 1. The number of carboxylic acids is 1. The number of aliphatic carboxylic acids is 1. The zero-order valence-corrected chi connectivity index (χ0v) is 13.3. The SMILES string of the molecule is CC1(C)OC(=O)C(=C2C3CC4CC2CC(C(=O)O)(C4)C3)C(=O)O1. The minimum atomic E-state index is -1.24. The van der Waals surface area contributed by atoms with Gasteiger partial charge in [-0.25, -0.2) is 9.59 Å². The van der Waals surface area contributed by atoms with Crippen molar-refractivity contribution in [2.24, 2.45) is 23.2 Å². The first-order valence-electron chi connectivity index (χ1n) is 8.15. The molecule has 4 aliphatic carbocycles. The predicted molar refractivity (Wildman–Crippen MR) is 76.9 cm³/mol. The first-order valence-corrected chi connectivity index (χ1v) is 8.15. The number of carbonyl (C=O) groups is 3. The Balaban J connectivity index is 1.76. The Morgan fingerprint density at radius 3 is 2.04 bits per heavy atom. The molecule has 1 N–H and O–H groups in total. The van der Waals surface area contributed by atoms with E-state index >= 15 is 0 Å². The van der Waals surface area contributed by atoms with Crippen LogP contribution in [0.2, 0.25) is 0 Å². The Morgan fingerprint density at radius 2 is 1.57 bits per heavy atom. The first kappa shape index (κ1) is 14.7. The van der Waals surface area contributed by atoms with Gasteiger partial charge in [0.1, 0.15) is 5.57 Å². The van der Waals surface area contributed by atoms with Gasteiger partial charge in [-0.2, -0.15) is 0 Å². The fourth-order valence-electron chi connectivity index (χ4n) is 5.35. The fraction of sp³-hybridized carbons (Fsp3) is 0.706. The van der Waals surface area contributed by atoms with E-state index in [4.69, 9.17) is 9.47 Å². The second-order valence-electron chi connectivity index (χ2n) is 7.94. The van der Waals surface area contributed by atoms with E-state index in [1.165, 1.54) is 13.8 Å². The highest BCUT2D eigenvalue weighted by Gasteiger charge is 2.59. The second kappa shape index (κ2) is 4.36. The van der Waals surface area contributed by atoms with E-state index in [2.05, 4.69) is 0 Å². The molecule has 2 atom stereocenters. The molecule has 0 amide bonds. The number of hydrogen-bond acceptors (Lipinski definition) is 5. The molecule has 0 aromatic carbocycles. The first-order chi connectivity index (χ1) is 10.7. The summed E-state index contributed by atoms with van der Waals surface area (Å²) in [5, 5.41) is 9.65. The van der Waals surface area contributed by atoms with E-state index in [0.717, 1.165) is 24.8 Å². The monoisotopic (exact) mass is 320 g/mol. The van der Waals surface area contributed by atoms with Gasteiger partial charge in [-0.05, 0) is 55.4 Å². The summed E-state index contributed by atoms with van der Waals surface area (Å²) < 4.78 is 10.5. The lowest BCUT2D eigenvalue weighted by Crippen LogP contribution is -2.53. The van der Waals surface area contributed by atoms with Crippen molar-refractivity contribution in [1.29, 1.82) is 0 Å². The number of rotatable bonds is 1. The van der Waals surface area contributed by atoms with Crippen LogP contribution < -0.4 is 0 Å². The van der Waals surface area contributed by atoms with Crippen LogP contribution in [0.5, 0.6) is 0 Å². The second-order valence-corrected chi connectivity index (χ2v) is 7.94. The molecule has 1 heterocycles. The standard InChI is InChI=1S/C17H20O6/c1-16(2)22-13(18)12(14(19)23-16)11-9-3-8-4-10(11)7-17(5-8,6-9)15(20)21/h8-10H,3-7H2,1-2H3,(H,20,21). The number of carbonyl (C=O) groups excluding carboxylic acids is 2. The maximum atomic E-state index is 12.4. The summed E-state index contributed by atoms with van der Waals surface area (Å²) in [5.74, 6) is -2.90. The van der Waals surface area contributed by atoms with Gasteiger partial charge < -0.3 is 14.6 Å². The topological polar surface area (TPSA) is 89.9 Å². The molecule has 4 saturated carbocycles. The summed E-state index contributed by atoms with van der Waals surface area (Å²) in [6.07, 6.45) is 3.46. The third-order valence-electron chi connectivity index (χ3n) is 5.90. The van der Waals surface area contributed by atoms with Crippen molar-refractivity contribution in [2.75, 3.05) is 0 Å². The van der Waals surface area contributed by atoms with Gasteiger partial charge in [0.2, 0.25) is 0 Å². The van der Waals surface area contributed by atoms with Crippen LogP contribution in [0.3, 0.4) is 0 Å². The van der Waals surface area contributed by atoms with Gasteiger partial charge in [0.25, 0.3) is 5.79 Å². The normalized spacial score (nSPS) is 40.9. The summed E-state index contributed by atoms with van der Waals surface area (Å²) in [6, 6.07) is 0. The fourth-order valence-corrected chi connectivity index (χ4v) is 5.35. The quantitative estimate of drug-likeness (QED) is 0.452. The van der Waals surface area contributed by atoms with Crippen molar-refractivity contribution in [2.45, 2.75) is 51.7 Å². The lowest BCUT2D eigenvalue weighted by atomic mass is 9.47. The molecule has 4 bridgehead atoms. The number of hydrogen-bond donors (Lipinski definition) is 1. The third-order valence-corrected chi connectivity index (χ3v) is 5.90. The molecule has 6 heteroatoms. The van der Waals surface area contributed by atoms with Gasteiger partial charge >= 0.3 is 17.9 Å². The Hall–Kier alpha value is -1.85.